The summed E-state index contributed by atoms with van der Waals surface area (Å²) in [4.78, 5) is 24.5. The van der Waals surface area contributed by atoms with E-state index < -0.39 is 6.04 Å². The average molecular weight is 341 g/mol. The number of aryl methyl sites for hydroxylation is 2. The van der Waals surface area contributed by atoms with Crippen LogP contribution in [0, 0.1) is 13.8 Å². The summed E-state index contributed by atoms with van der Waals surface area (Å²) in [5, 5.41) is 11.4. The van der Waals surface area contributed by atoms with Crippen LogP contribution in [0.2, 0.25) is 0 Å². The van der Waals surface area contributed by atoms with Gasteiger partial charge in [0.15, 0.2) is 5.82 Å². The van der Waals surface area contributed by atoms with Crippen molar-refractivity contribution < 1.29 is 9.21 Å². The second kappa shape index (κ2) is 6.76. The monoisotopic (exact) mass is 341 g/mol. The van der Waals surface area contributed by atoms with Gasteiger partial charge in [0.05, 0.1) is 18.5 Å². The van der Waals surface area contributed by atoms with E-state index in [0.29, 0.717) is 11.6 Å². The number of furan rings is 1. The lowest BCUT2D eigenvalue weighted by Gasteiger charge is -2.14. The van der Waals surface area contributed by atoms with E-state index in [0.717, 1.165) is 16.1 Å². The Labute approximate surface area is 144 Å². The van der Waals surface area contributed by atoms with Crippen LogP contribution < -0.4 is 10.9 Å². The van der Waals surface area contributed by atoms with Crippen LogP contribution in [0.15, 0.2) is 45.8 Å². The molecule has 0 aliphatic heterocycles. The lowest BCUT2D eigenvalue weighted by atomic mass is 10.3. The van der Waals surface area contributed by atoms with Crippen LogP contribution in [0.4, 0.5) is 0 Å². The molecule has 1 N–H and O–H groups in total. The fourth-order valence-electron chi connectivity index (χ4n) is 2.51. The number of nitrogens with one attached hydrogen (secondary N) is 1. The zero-order chi connectivity index (χ0) is 18.0. The molecule has 1 atom stereocenters. The smallest absolute Gasteiger partial charge is 0.267 e. The van der Waals surface area contributed by atoms with Crippen molar-refractivity contribution in [3.05, 3.63) is 64.1 Å². The quantitative estimate of drug-likeness (QED) is 0.759. The van der Waals surface area contributed by atoms with Gasteiger partial charge >= 0.3 is 0 Å². The van der Waals surface area contributed by atoms with Gasteiger partial charge < -0.3 is 9.73 Å². The van der Waals surface area contributed by atoms with Crippen molar-refractivity contribution in [1.82, 2.24) is 24.9 Å². The van der Waals surface area contributed by atoms with Gasteiger partial charge in [0.2, 0.25) is 5.91 Å². The Morgan fingerprint density at radius 2 is 2.08 bits per heavy atom. The Bertz CT molecular complexity index is 940. The Hall–Kier alpha value is -3.16. The summed E-state index contributed by atoms with van der Waals surface area (Å²) in [6, 6.07) is 7.63. The third-order valence-electron chi connectivity index (χ3n) is 3.80. The number of hydrogen-bond acceptors (Lipinski definition) is 5. The summed E-state index contributed by atoms with van der Waals surface area (Å²) < 4.78 is 7.97. The zero-order valence-electron chi connectivity index (χ0n) is 14.3. The van der Waals surface area contributed by atoms with Crippen LogP contribution in [-0.4, -0.2) is 25.5 Å². The highest BCUT2D eigenvalue weighted by Gasteiger charge is 2.18. The van der Waals surface area contributed by atoms with E-state index >= 15 is 0 Å². The molecular formula is C17H19N5O3. The Morgan fingerprint density at radius 3 is 2.72 bits per heavy atom. The van der Waals surface area contributed by atoms with Crippen molar-refractivity contribution in [3.63, 3.8) is 0 Å². The van der Waals surface area contributed by atoms with E-state index in [4.69, 9.17) is 4.42 Å². The Kier molecular flexibility index (Phi) is 4.51. The van der Waals surface area contributed by atoms with Crippen molar-refractivity contribution in [3.8, 4) is 5.82 Å². The van der Waals surface area contributed by atoms with Crippen LogP contribution in [0.1, 0.15) is 30.1 Å². The SMILES string of the molecule is Cc1cc(C)n(-c2ccc(=O)n(C(C)C(=O)NCc3ccco3)n2)n1. The third-order valence-corrected chi connectivity index (χ3v) is 3.80. The molecule has 0 aliphatic rings. The molecule has 8 nitrogen and oxygen atoms in total. The first kappa shape index (κ1) is 16.7. The largest absolute Gasteiger partial charge is 0.467 e. The zero-order valence-corrected chi connectivity index (χ0v) is 14.3. The van der Waals surface area contributed by atoms with Gasteiger partial charge in [0, 0.05) is 11.8 Å². The second-order valence-electron chi connectivity index (χ2n) is 5.79. The fourth-order valence-corrected chi connectivity index (χ4v) is 2.51. The lowest BCUT2D eigenvalue weighted by Crippen LogP contribution is -2.37. The highest BCUT2D eigenvalue weighted by atomic mass is 16.3. The highest BCUT2D eigenvalue weighted by Crippen LogP contribution is 2.10. The molecule has 3 aromatic rings. The molecule has 0 saturated carbocycles. The van der Waals surface area contributed by atoms with Crippen LogP contribution in [-0.2, 0) is 11.3 Å². The fraction of sp³-hybridized carbons (Fsp3) is 0.294. The Balaban J connectivity index is 1.83. The average Bonchev–Trinajstić information content (AvgIpc) is 3.22. The topological polar surface area (TPSA) is 95.0 Å². The maximum atomic E-state index is 12.3. The maximum Gasteiger partial charge on any atom is 0.267 e. The number of hydrogen-bond donors (Lipinski definition) is 1. The highest BCUT2D eigenvalue weighted by molar-refractivity contribution is 5.79. The second-order valence-corrected chi connectivity index (χ2v) is 5.79. The molecule has 0 aliphatic carbocycles. The summed E-state index contributed by atoms with van der Waals surface area (Å²) in [6.45, 7) is 5.65. The summed E-state index contributed by atoms with van der Waals surface area (Å²) in [5.74, 6) is 0.796. The molecule has 0 aromatic carbocycles. The van der Waals surface area contributed by atoms with Gasteiger partial charge in [0.25, 0.3) is 5.56 Å². The van der Waals surface area contributed by atoms with Crippen LogP contribution >= 0.6 is 0 Å². The van der Waals surface area contributed by atoms with Gasteiger partial charge in [-0.2, -0.15) is 5.10 Å². The van der Waals surface area contributed by atoms with Crippen LogP contribution in [0.25, 0.3) is 5.82 Å². The number of carbonyl (C=O) groups excluding carboxylic acids is 1. The van der Waals surface area contributed by atoms with Gasteiger partial charge in [-0.25, -0.2) is 9.36 Å². The van der Waals surface area contributed by atoms with Gasteiger partial charge in [-0.15, -0.1) is 5.10 Å². The van der Waals surface area contributed by atoms with Crippen LogP contribution in [0.3, 0.4) is 0 Å². The molecule has 0 bridgehead atoms. The summed E-state index contributed by atoms with van der Waals surface area (Å²) in [7, 11) is 0. The van der Waals surface area contributed by atoms with Gasteiger partial charge in [-0.3, -0.25) is 9.59 Å². The number of aromatic nitrogens is 4. The van der Waals surface area contributed by atoms with E-state index in [1.54, 1.807) is 29.8 Å². The van der Waals surface area contributed by atoms with Crippen molar-refractivity contribution in [1.29, 1.82) is 0 Å². The molecule has 3 heterocycles. The number of carbonyl (C=O) groups is 1. The molecule has 0 radical (unpaired) electrons. The molecule has 0 saturated heterocycles. The van der Waals surface area contributed by atoms with E-state index in [1.165, 1.54) is 12.3 Å². The van der Waals surface area contributed by atoms with Gasteiger partial charge in [0.1, 0.15) is 11.8 Å². The first-order valence-corrected chi connectivity index (χ1v) is 7.89. The molecule has 1 amide bonds. The molecular weight excluding hydrogens is 322 g/mol. The van der Waals surface area contributed by atoms with E-state index in [1.807, 2.05) is 19.9 Å². The number of rotatable bonds is 5. The summed E-state index contributed by atoms with van der Waals surface area (Å²) in [6.07, 6.45) is 1.54. The molecule has 1 unspecified atom stereocenters. The molecule has 3 aromatic heterocycles. The maximum absolute atomic E-state index is 12.3. The minimum absolute atomic E-state index is 0.252. The summed E-state index contributed by atoms with van der Waals surface area (Å²) in [5.41, 5.74) is 1.39. The molecule has 25 heavy (non-hydrogen) atoms. The van der Waals surface area contributed by atoms with E-state index in [-0.39, 0.29) is 18.0 Å². The molecule has 0 fully saturated rings. The van der Waals surface area contributed by atoms with E-state index in [2.05, 4.69) is 15.5 Å². The van der Waals surface area contributed by atoms with Crippen molar-refractivity contribution >= 4 is 5.91 Å². The third kappa shape index (κ3) is 3.52. The predicted molar refractivity (Wildman–Crippen MR) is 90.4 cm³/mol. The predicted octanol–water partition coefficient (Wildman–Crippen LogP) is 1.52. The molecule has 130 valence electrons. The molecule has 8 heteroatoms. The number of nitrogens with zero attached hydrogens (tertiary/aromatic N) is 4. The summed E-state index contributed by atoms with van der Waals surface area (Å²) >= 11 is 0. The van der Waals surface area contributed by atoms with Crippen molar-refractivity contribution in [2.24, 2.45) is 0 Å². The van der Waals surface area contributed by atoms with E-state index in [9.17, 15) is 9.59 Å². The normalized spacial score (nSPS) is 12.1. The molecule has 3 rings (SSSR count). The lowest BCUT2D eigenvalue weighted by molar-refractivity contribution is -0.124. The minimum atomic E-state index is -0.764. The van der Waals surface area contributed by atoms with Crippen molar-refractivity contribution in [2.45, 2.75) is 33.4 Å². The Morgan fingerprint density at radius 1 is 1.28 bits per heavy atom. The first-order chi connectivity index (χ1) is 12.0. The standard InChI is InChI=1S/C17H19N5O3/c1-11-9-12(2)21(19-11)15-6-7-16(23)22(20-15)13(3)17(24)18-10-14-5-4-8-25-14/h4-9,13H,10H2,1-3H3,(H,18,24). The van der Waals surface area contributed by atoms with Gasteiger partial charge in [-0.1, -0.05) is 0 Å². The molecule has 0 spiro atoms. The number of amides is 1. The van der Waals surface area contributed by atoms with Gasteiger partial charge in [-0.05, 0) is 45.0 Å². The first-order valence-electron chi connectivity index (χ1n) is 7.89. The van der Waals surface area contributed by atoms with Crippen LogP contribution in [0.5, 0.6) is 0 Å². The van der Waals surface area contributed by atoms with Crippen molar-refractivity contribution in [2.75, 3.05) is 0 Å². The minimum Gasteiger partial charge on any atom is -0.467 e.